The summed E-state index contributed by atoms with van der Waals surface area (Å²) in [6, 6.07) is 10.0. The van der Waals surface area contributed by atoms with Gasteiger partial charge in [-0.2, -0.15) is 0 Å². The standard InChI is InChI=1S/C17H18N4OS/c1-20-16(22)14-13(12-5-3-2-4-6-12)11-23-15(14)19-17(20)21-9-7-18-8-10-21/h2-6,11,18H,7-10H2,1H3. The Balaban J connectivity index is 1.89. The summed E-state index contributed by atoms with van der Waals surface area (Å²) in [5.41, 5.74) is 2.07. The van der Waals surface area contributed by atoms with Crippen LogP contribution in [0.4, 0.5) is 5.95 Å². The van der Waals surface area contributed by atoms with Crippen molar-refractivity contribution in [3.8, 4) is 11.1 Å². The summed E-state index contributed by atoms with van der Waals surface area (Å²) >= 11 is 1.54. The Morgan fingerprint density at radius 2 is 1.91 bits per heavy atom. The van der Waals surface area contributed by atoms with E-state index in [2.05, 4.69) is 10.2 Å². The Kier molecular flexibility index (Phi) is 3.63. The molecular formula is C17H18N4OS. The van der Waals surface area contributed by atoms with Crippen LogP contribution in [0.25, 0.3) is 21.3 Å². The van der Waals surface area contributed by atoms with Gasteiger partial charge >= 0.3 is 0 Å². The summed E-state index contributed by atoms with van der Waals surface area (Å²) in [5.74, 6) is 0.769. The zero-order chi connectivity index (χ0) is 15.8. The first kappa shape index (κ1) is 14.4. The van der Waals surface area contributed by atoms with Gasteiger partial charge in [-0.05, 0) is 5.56 Å². The smallest absolute Gasteiger partial charge is 0.264 e. The number of thiophene rings is 1. The molecule has 3 heterocycles. The Morgan fingerprint density at radius 1 is 1.17 bits per heavy atom. The molecule has 23 heavy (non-hydrogen) atoms. The van der Waals surface area contributed by atoms with Crippen LogP contribution in [-0.4, -0.2) is 35.7 Å². The molecule has 0 bridgehead atoms. The Bertz CT molecular complexity index is 894. The zero-order valence-corrected chi connectivity index (χ0v) is 13.8. The molecule has 0 saturated carbocycles. The van der Waals surface area contributed by atoms with Gasteiger partial charge < -0.3 is 10.2 Å². The second-order valence-electron chi connectivity index (χ2n) is 5.71. The van der Waals surface area contributed by atoms with E-state index >= 15 is 0 Å². The van der Waals surface area contributed by atoms with Crippen LogP contribution in [0.3, 0.4) is 0 Å². The molecule has 1 aromatic carbocycles. The minimum atomic E-state index is 0.0311. The highest BCUT2D eigenvalue weighted by molar-refractivity contribution is 7.17. The average molecular weight is 326 g/mol. The van der Waals surface area contributed by atoms with E-state index in [1.807, 2.05) is 42.8 Å². The lowest BCUT2D eigenvalue weighted by Crippen LogP contribution is -2.45. The highest BCUT2D eigenvalue weighted by atomic mass is 32.1. The van der Waals surface area contributed by atoms with Gasteiger partial charge in [-0.1, -0.05) is 30.3 Å². The van der Waals surface area contributed by atoms with E-state index in [4.69, 9.17) is 4.98 Å². The van der Waals surface area contributed by atoms with Crippen molar-refractivity contribution in [2.75, 3.05) is 31.1 Å². The van der Waals surface area contributed by atoms with Crippen molar-refractivity contribution in [3.05, 3.63) is 46.1 Å². The van der Waals surface area contributed by atoms with E-state index in [1.54, 1.807) is 15.9 Å². The van der Waals surface area contributed by atoms with Crippen molar-refractivity contribution in [2.24, 2.45) is 7.05 Å². The topological polar surface area (TPSA) is 50.2 Å². The second-order valence-corrected chi connectivity index (χ2v) is 6.57. The second kappa shape index (κ2) is 5.79. The first-order chi connectivity index (χ1) is 11.3. The number of nitrogens with zero attached hydrogens (tertiary/aromatic N) is 3. The lowest BCUT2D eigenvalue weighted by atomic mass is 10.1. The van der Waals surface area contributed by atoms with Crippen molar-refractivity contribution >= 4 is 27.5 Å². The summed E-state index contributed by atoms with van der Waals surface area (Å²) in [6.07, 6.45) is 0. The quantitative estimate of drug-likeness (QED) is 0.783. The number of rotatable bonds is 2. The molecule has 5 nitrogen and oxygen atoms in total. The maximum atomic E-state index is 12.9. The van der Waals surface area contributed by atoms with Crippen molar-refractivity contribution < 1.29 is 0 Å². The van der Waals surface area contributed by atoms with E-state index in [9.17, 15) is 4.79 Å². The molecule has 1 N–H and O–H groups in total. The first-order valence-corrected chi connectivity index (χ1v) is 8.63. The number of anilines is 1. The molecular weight excluding hydrogens is 308 g/mol. The molecule has 1 aliphatic rings. The molecule has 2 aromatic heterocycles. The Morgan fingerprint density at radius 3 is 2.65 bits per heavy atom. The number of piperazine rings is 1. The third-order valence-electron chi connectivity index (χ3n) is 4.28. The highest BCUT2D eigenvalue weighted by Crippen LogP contribution is 2.31. The fourth-order valence-corrected chi connectivity index (χ4v) is 3.97. The van der Waals surface area contributed by atoms with Crippen LogP contribution in [0.15, 0.2) is 40.5 Å². The molecule has 4 rings (SSSR count). The average Bonchev–Trinajstić information content (AvgIpc) is 3.04. The van der Waals surface area contributed by atoms with Crippen molar-refractivity contribution in [2.45, 2.75) is 0 Å². The SMILES string of the molecule is Cn1c(N2CCNCC2)nc2scc(-c3ccccc3)c2c1=O. The lowest BCUT2D eigenvalue weighted by Gasteiger charge is -2.29. The van der Waals surface area contributed by atoms with E-state index in [0.29, 0.717) is 0 Å². The van der Waals surface area contributed by atoms with Crippen LogP contribution in [0, 0.1) is 0 Å². The van der Waals surface area contributed by atoms with Gasteiger partial charge in [0.1, 0.15) is 4.83 Å². The summed E-state index contributed by atoms with van der Waals surface area (Å²) < 4.78 is 1.69. The lowest BCUT2D eigenvalue weighted by molar-refractivity contribution is 0.570. The van der Waals surface area contributed by atoms with Crippen molar-refractivity contribution in [1.82, 2.24) is 14.9 Å². The number of fused-ring (bicyclic) bond motifs is 1. The van der Waals surface area contributed by atoms with Gasteiger partial charge in [-0.3, -0.25) is 9.36 Å². The summed E-state index contributed by atoms with van der Waals surface area (Å²) in [5, 5.41) is 6.09. The molecule has 1 aliphatic heterocycles. The first-order valence-electron chi connectivity index (χ1n) is 7.75. The molecule has 1 fully saturated rings. The van der Waals surface area contributed by atoms with Crippen molar-refractivity contribution in [3.63, 3.8) is 0 Å². The Labute approximate surface area is 138 Å². The predicted molar refractivity (Wildman–Crippen MR) is 95.4 cm³/mol. The molecule has 1 saturated heterocycles. The maximum Gasteiger partial charge on any atom is 0.264 e. The molecule has 0 atom stereocenters. The van der Waals surface area contributed by atoms with Gasteiger partial charge in [0.2, 0.25) is 5.95 Å². The van der Waals surface area contributed by atoms with Crippen LogP contribution < -0.4 is 15.8 Å². The summed E-state index contributed by atoms with van der Waals surface area (Å²) in [7, 11) is 1.82. The normalized spacial score (nSPS) is 15.3. The maximum absolute atomic E-state index is 12.9. The number of aromatic nitrogens is 2. The molecule has 0 radical (unpaired) electrons. The number of nitrogens with one attached hydrogen (secondary N) is 1. The van der Waals surface area contributed by atoms with Crippen LogP contribution in [0.2, 0.25) is 0 Å². The van der Waals surface area contributed by atoms with Gasteiger partial charge in [0.25, 0.3) is 5.56 Å². The fraction of sp³-hybridized carbons (Fsp3) is 0.294. The largest absolute Gasteiger partial charge is 0.340 e. The van der Waals surface area contributed by atoms with Gasteiger partial charge in [0.15, 0.2) is 0 Å². The molecule has 0 aliphatic carbocycles. The molecule has 118 valence electrons. The number of benzene rings is 1. The monoisotopic (exact) mass is 326 g/mol. The van der Waals surface area contributed by atoms with E-state index < -0.39 is 0 Å². The number of hydrogen-bond donors (Lipinski definition) is 1. The van der Waals surface area contributed by atoms with Crippen LogP contribution in [0.1, 0.15) is 0 Å². The van der Waals surface area contributed by atoms with E-state index in [-0.39, 0.29) is 5.56 Å². The van der Waals surface area contributed by atoms with Crippen molar-refractivity contribution in [1.29, 1.82) is 0 Å². The van der Waals surface area contributed by atoms with Crippen LogP contribution >= 0.6 is 11.3 Å². The fourth-order valence-electron chi connectivity index (χ4n) is 3.04. The Hall–Kier alpha value is -2.18. The third-order valence-corrected chi connectivity index (χ3v) is 5.15. The summed E-state index contributed by atoms with van der Waals surface area (Å²) in [4.78, 5) is 20.7. The van der Waals surface area contributed by atoms with Gasteiger partial charge in [0, 0.05) is 44.2 Å². The molecule has 0 unspecified atom stereocenters. The minimum Gasteiger partial charge on any atom is -0.340 e. The number of hydrogen-bond acceptors (Lipinski definition) is 5. The van der Waals surface area contributed by atoms with E-state index in [1.165, 1.54) is 0 Å². The molecule has 0 spiro atoms. The van der Waals surface area contributed by atoms with E-state index in [0.717, 1.165) is 53.5 Å². The molecule has 0 amide bonds. The minimum absolute atomic E-state index is 0.0311. The molecule has 3 aromatic rings. The van der Waals surface area contributed by atoms with Gasteiger partial charge in [0.05, 0.1) is 5.39 Å². The van der Waals surface area contributed by atoms with Gasteiger partial charge in [-0.15, -0.1) is 11.3 Å². The van der Waals surface area contributed by atoms with Crippen LogP contribution in [0.5, 0.6) is 0 Å². The summed E-state index contributed by atoms with van der Waals surface area (Å²) in [6.45, 7) is 3.60. The molecule has 6 heteroatoms. The highest BCUT2D eigenvalue weighted by Gasteiger charge is 2.19. The third kappa shape index (κ3) is 2.44. The predicted octanol–water partition coefficient (Wildman–Crippen LogP) is 2.07. The zero-order valence-electron chi connectivity index (χ0n) is 13.0. The van der Waals surface area contributed by atoms with Crippen LogP contribution in [-0.2, 0) is 7.05 Å². The van der Waals surface area contributed by atoms with Gasteiger partial charge in [-0.25, -0.2) is 4.98 Å².